The lowest BCUT2D eigenvalue weighted by Crippen LogP contribution is -2.66. The standard InChI is InChI=1S/C50H58Cl4N2O8/c1-5-23-49(55-29-31-61-39-15-11-37(59-3)12-16-39,47(25-7-26-47)35-9-19-41(51)43(53)33-35)63-45(57)21-22-46(58)64-50(24-6-2,56-30-32-62-40-17-13-38(60-4)14-18-40)48(27-8-28-48)36-10-20-42(52)44(54)34-36/h9-22,33-34,55-56H,5-8,23-32H2,1-4H3/b22-21-. The molecule has 0 radical (unpaired) electrons. The van der Waals surface area contributed by atoms with E-state index in [0.717, 1.165) is 73.3 Å². The third kappa shape index (κ3) is 10.9. The van der Waals surface area contributed by atoms with Crippen LogP contribution in [-0.2, 0) is 29.9 Å². The zero-order chi connectivity index (χ0) is 45.8. The van der Waals surface area contributed by atoms with Crippen LogP contribution in [0.15, 0.2) is 97.1 Å². The van der Waals surface area contributed by atoms with Crippen molar-refractivity contribution in [3.8, 4) is 23.0 Å². The van der Waals surface area contributed by atoms with Crippen molar-refractivity contribution in [1.29, 1.82) is 0 Å². The highest BCUT2D eigenvalue weighted by Crippen LogP contribution is 2.56. The molecule has 10 nitrogen and oxygen atoms in total. The van der Waals surface area contributed by atoms with Crippen LogP contribution in [0.25, 0.3) is 0 Å². The van der Waals surface area contributed by atoms with Crippen LogP contribution in [0.4, 0.5) is 0 Å². The molecule has 2 N–H and O–H groups in total. The molecule has 0 amide bonds. The van der Waals surface area contributed by atoms with Crippen LogP contribution in [-0.4, -0.2) is 63.9 Å². The van der Waals surface area contributed by atoms with E-state index in [1.165, 1.54) is 0 Å². The highest BCUT2D eigenvalue weighted by molar-refractivity contribution is 6.42. The predicted octanol–water partition coefficient (Wildman–Crippen LogP) is 11.8. The summed E-state index contributed by atoms with van der Waals surface area (Å²) in [6, 6.07) is 25.8. The Kier molecular flexibility index (Phi) is 17.2. The highest BCUT2D eigenvalue weighted by atomic mass is 35.5. The van der Waals surface area contributed by atoms with E-state index in [-0.39, 0.29) is 13.2 Å². The van der Waals surface area contributed by atoms with Gasteiger partial charge in [-0.1, -0.05) is 98.1 Å². The molecule has 2 unspecified atom stereocenters. The third-order valence-corrected chi connectivity index (χ3v) is 14.2. The van der Waals surface area contributed by atoms with Crippen LogP contribution in [0.1, 0.15) is 89.2 Å². The van der Waals surface area contributed by atoms with Gasteiger partial charge in [0.05, 0.1) is 34.3 Å². The number of nitrogens with one attached hydrogen (secondary N) is 2. The molecule has 4 aromatic rings. The molecule has 14 heteroatoms. The smallest absolute Gasteiger partial charge is 0.332 e. The second kappa shape index (κ2) is 22.4. The number of halogens is 4. The molecule has 0 bridgehead atoms. The second-order valence-electron chi connectivity index (χ2n) is 16.4. The molecule has 2 saturated carbocycles. The molecule has 2 fully saturated rings. The maximum absolute atomic E-state index is 14.2. The number of carbonyl (C=O) groups is 2. The molecule has 0 aliphatic heterocycles. The van der Waals surface area contributed by atoms with Crippen molar-refractivity contribution in [2.24, 2.45) is 0 Å². The summed E-state index contributed by atoms with van der Waals surface area (Å²) in [4.78, 5) is 28.4. The van der Waals surface area contributed by atoms with Gasteiger partial charge in [0, 0.05) is 48.9 Å². The van der Waals surface area contributed by atoms with Crippen LogP contribution < -0.4 is 29.6 Å². The molecule has 4 aromatic carbocycles. The van der Waals surface area contributed by atoms with E-state index >= 15 is 0 Å². The van der Waals surface area contributed by atoms with Crippen molar-refractivity contribution in [3.63, 3.8) is 0 Å². The lowest BCUT2D eigenvalue weighted by Gasteiger charge is -2.56. The Morgan fingerprint density at radius 2 is 0.922 bits per heavy atom. The normalized spacial score (nSPS) is 16.9. The molecule has 64 heavy (non-hydrogen) atoms. The molecule has 2 aliphatic carbocycles. The molecule has 344 valence electrons. The third-order valence-electron chi connectivity index (χ3n) is 12.7. The van der Waals surface area contributed by atoms with E-state index in [1.54, 1.807) is 26.4 Å². The van der Waals surface area contributed by atoms with Crippen molar-refractivity contribution < 1.29 is 38.0 Å². The molecular weight excluding hydrogens is 898 g/mol. The minimum atomic E-state index is -1.20. The molecule has 2 atom stereocenters. The Morgan fingerprint density at radius 3 is 1.22 bits per heavy atom. The summed E-state index contributed by atoms with van der Waals surface area (Å²) >= 11 is 26.0. The number of methoxy groups -OCH3 is 2. The Labute approximate surface area is 397 Å². The first kappa shape index (κ1) is 49.3. The largest absolute Gasteiger partial charge is 0.497 e. The topological polar surface area (TPSA) is 114 Å². The van der Waals surface area contributed by atoms with Crippen LogP contribution in [0.3, 0.4) is 0 Å². The number of carbonyl (C=O) groups excluding carboxylic acids is 2. The summed E-state index contributed by atoms with van der Waals surface area (Å²) in [6.45, 7) is 5.34. The van der Waals surface area contributed by atoms with Gasteiger partial charge >= 0.3 is 11.9 Å². The molecular formula is C50H58Cl4N2O8. The van der Waals surface area contributed by atoms with E-state index in [2.05, 4.69) is 10.6 Å². The summed E-state index contributed by atoms with van der Waals surface area (Å²) in [5.41, 5.74) is -1.89. The SMILES string of the molecule is CCCC(NCCOc1ccc(OC)cc1)(OC(=O)/C=C\C(=O)OC(CCC)(NCCOc1ccc(OC)cc1)C1(c2ccc(Cl)c(Cl)c2)CCC1)C1(c2ccc(Cl)c(Cl)c2)CCC1. The average Bonchev–Trinajstić information content (AvgIpc) is 3.25. The number of esters is 2. The predicted molar refractivity (Wildman–Crippen MR) is 254 cm³/mol. The molecule has 2 aliphatic rings. The fourth-order valence-corrected chi connectivity index (χ4v) is 9.90. The first-order valence-electron chi connectivity index (χ1n) is 22.0. The van der Waals surface area contributed by atoms with Crippen molar-refractivity contribution in [2.45, 2.75) is 100 Å². The monoisotopic (exact) mass is 954 g/mol. The number of rotatable bonds is 24. The maximum atomic E-state index is 14.2. The van der Waals surface area contributed by atoms with Gasteiger partial charge in [0.15, 0.2) is 11.4 Å². The first-order chi connectivity index (χ1) is 30.9. The van der Waals surface area contributed by atoms with Gasteiger partial charge in [-0.15, -0.1) is 0 Å². The molecule has 0 heterocycles. The van der Waals surface area contributed by atoms with Crippen molar-refractivity contribution >= 4 is 58.3 Å². The van der Waals surface area contributed by atoms with Crippen molar-refractivity contribution in [2.75, 3.05) is 40.5 Å². The lowest BCUT2D eigenvalue weighted by atomic mass is 9.57. The summed E-state index contributed by atoms with van der Waals surface area (Å²) < 4.78 is 35.9. The van der Waals surface area contributed by atoms with E-state index < -0.39 is 34.2 Å². The van der Waals surface area contributed by atoms with E-state index in [0.29, 0.717) is 70.4 Å². The fraction of sp³-hybridized carbons (Fsp3) is 0.440. The quantitative estimate of drug-likeness (QED) is 0.0305. The summed E-state index contributed by atoms with van der Waals surface area (Å²) in [5, 5.41) is 8.92. The Bertz CT molecular complexity index is 2060. The van der Waals surface area contributed by atoms with Gasteiger partial charge in [-0.25, -0.2) is 9.59 Å². The Morgan fingerprint density at radius 1 is 0.562 bits per heavy atom. The first-order valence-corrected chi connectivity index (χ1v) is 23.5. The van der Waals surface area contributed by atoms with Gasteiger partial charge in [0.2, 0.25) is 0 Å². The molecule has 0 saturated heterocycles. The summed E-state index contributed by atoms with van der Waals surface area (Å²) in [6.07, 6.45) is 9.31. The second-order valence-corrected chi connectivity index (χ2v) is 18.0. The van der Waals surface area contributed by atoms with E-state index in [9.17, 15) is 9.59 Å². The fourth-order valence-electron chi connectivity index (χ4n) is 9.30. The van der Waals surface area contributed by atoms with Crippen molar-refractivity contribution in [1.82, 2.24) is 10.6 Å². The summed E-state index contributed by atoms with van der Waals surface area (Å²) in [5.74, 6) is 1.38. The van der Waals surface area contributed by atoms with Crippen LogP contribution in [0.2, 0.25) is 20.1 Å². The van der Waals surface area contributed by atoms with Crippen LogP contribution >= 0.6 is 46.4 Å². The zero-order valence-electron chi connectivity index (χ0n) is 36.9. The maximum Gasteiger partial charge on any atom is 0.332 e. The Balaban J connectivity index is 1.26. The number of ether oxygens (including phenoxy) is 6. The Hall–Kier alpha value is -4.16. The molecule has 0 aromatic heterocycles. The van der Waals surface area contributed by atoms with Gasteiger partial charge in [-0.05, 0) is 110 Å². The molecule has 0 spiro atoms. The van der Waals surface area contributed by atoms with E-state index in [1.807, 2.05) is 86.6 Å². The van der Waals surface area contributed by atoms with Crippen LogP contribution in [0, 0.1) is 0 Å². The molecule has 6 rings (SSSR count). The minimum Gasteiger partial charge on any atom is -0.497 e. The summed E-state index contributed by atoms with van der Waals surface area (Å²) in [7, 11) is 3.22. The van der Waals surface area contributed by atoms with Gasteiger partial charge in [-0.2, -0.15) is 0 Å². The zero-order valence-corrected chi connectivity index (χ0v) is 39.9. The van der Waals surface area contributed by atoms with Crippen molar-refractivity contribution in [3.05, 3.63) is 128 Å². The van der Waals surface area contributed by atoms with Gasteiger partial charge in [0.1, 0.15) is 36.2 Å². The average molecular weight is 957 g/mol. The minimum absolute atomic E-state index is 0.285. The highest BCUT2D eigenvalue weighted by Gasteiger charge is 2.59. The van der Waals surface area contributed by atoms with Gasteiger partial charge in [0.25, 0.3) is 0 Å². The van der Waals surface area contributed by atoms with Gasteiger partial charge < -0.3 is 28.4 Å². The van der Waals surface area contributed by atoms with Crippen LogP contribution in [0.5, 0.6) is 23.0 Å². The van der Waals surface area contributed by atoms with Gasteiger partial charge in [-0.3, -0.25) is 10.6 Å². The lowest BCUT2D eigenvalue weighted by molar-refractivity contribution is -0.183. The number of hydrogen-bond acceptors (Lipinski definition) is 10. The number of benzene rings is 4. The number of hydrogen-bond donors (Lipinski definition) is 2. The van der Waals surface area contributed by atoms with E-state index in [4.69, 9.17) is 74.8 Å².